The number of hydrogen-bond acceptors (Lipinski definition) is 4. The fourth-order valence-electron chi connectivity index (χ4n) is 1.36. The molecular formula is C9H10N4OS. The molecule has 0 aliphatic heterocycles. The number of amides is 1. The van der Waals surface area contributed by atoms with Gasteiger partial charge >= 0.3 is 0 Å². The van der Waals surface area contributed by atoms with E-state index in [1.54, 1.807) is 11.3 Å². The van der Waals surface area contributed by atoms with Gasteiger partial charge in [0, 0.05) is 5.56 Å². The van der Waals surface area contributed by atoms with Gasteiger partial charge in [0.05, 0.1) is 17.0 Å². The number of nitrogens with two attached hydrogens (primary N) is 2. The van der Waals surface area contributed by atoms with Crippen molar-refractivity contribution in [2.45, 2.75) is 6.42 Å². The predicted molar refractivity (Wildman–Crippen MR) is 59.2 cm³/mol. The lowest BCUT2D eigenvalue weighted by molar-refractivity contribution is -0.117. The first-order valence-electron chi connectivity index (χ1n) is 4.33. The minimum Gasteiger partial charge on any atom is -0.382 e. The summed E-state index contributed by atoms with van der Waals surface area (Å²) in [6.07, 6.45) is 0.107. The molecule has 0 unspecified atom stereocenters. The number of aromatic amines is 1. The van der Waals surface area contributed by atoms with Crippen LogP contribution in [0.15, 0.2) is 17.5 Å². The summed E-state index contributed by atoms with van der Waals surface area (Å²) < 4.78 is 0. The van der Waals surface area contributed by atoms with Crippen molar-refractivity contribution in [1.82, 2.24) is 10.2 Å². The van der Waals surface area contributed by atoms with Crippen LogP contribution in [0, 0.1) is 0 Å². The van der Waals surface area contributed by atoms with E-state index < -0.39 is 5.91 Å². The Hall–Kier alpha value is -1.82. The van der Waals surface area contributed by atoms with Crippen LogP contribution in [0.4, 0.5) is 5.82 Å². The molecule has 5 N–H and O–H groups in total. The number of anilines is 1. The maximum Gasteiger partial charge on any atom is 0.222 e. The summed E-state index contributed by atoms with van der Waals surface area (Å²) in [5.74, 6) is -0.0851. The lowest BCUT2D eigenvalue weighted by atomic mass is 10.1. The number of primary amides is 1. The third kappa shape index (κ3) is 1.84. The first-order chi connectivity index (χ1) is 7.18. The summed E-state index contributed by atoms with van der Waals surface area (Å²) in [6, 6.07) is 3.85. The molecule has 6 heteroatoms. The number of carbonyl (C=O) groups is 1. The van der Waals surface area contributed by atoms with Crippen molar-refractivity contribution >= 4 is 23.1 Å². The molecule has 0 fully saturated rings. The number of hydrogen-bond donors (Lipinski definition) is 3. The van der Waals surface area contributed by atoms with E-state index in [-0.39, 0.29) is 6.42 Å². The maximum atomic E-state index is 10.9. The molecule has 0 aliphatic rings. The molecule has 2 heterocycles. The Morgan fingerprint density at radius 2 is 2.40 bits per heavy atom. The molecule has 0 saturated carbocycles. The van der Waals surface area contributed by atoms with Gasteiger partial charge in [-0.1, -0.05) is 6.07 Å². The Bertz CT molecular complexity index is 474. The van der Waals surface area contributed by atoms with Crippen molar-refractivity contribution in [2.75, 3.05) is 5.73 Å². The Kier molecular flexibility index (Phi) is 2.42. The van der Waals surface area contributed by atoms with Crippen LogP contribution in [0.2, 0.25) is 0 Å². The average Bonchev–Trinajstić information content (AvgIpc) is 2.76. The minimum absolute atomic E-state index is 0.107. The molecule has 2 rings (SSSR count). The Balaban J connectivity index is 2.44. The van der Waals surface area contributed by atoms with E-state index in [1.165, 1.54) is 0 Å². The van der Waals surface area contributed by atoms with E-state index in [0.717, 1.165) is 10.6 Å². The Labute approximate surface area is 90.1 Å². The van der Waals surface area contributed by atoms with Crippen LogP contribution >= 0.6 is 11.3 Å². The van der Waals surface area contributed by atoms with E-state index in [4.69, 9.17) is 11.5 Å². The molecule has 0 saturated heterocycles. The number of nitrogens with one attached hydrogen (secondary N) is 1. The molecule has 1 amide bonds. The number of nitrogen functional groups attached to an aromatic ring is 1. The van der Waals surface area contributed by atoms with E-state index >= 15 is 0 Å². The highest BCUT2D eigenvalue weighted by Crippen LogP contribution is 2.28. The van der Waals surface area contributed by atoms with Crippen molar-refractivity contribution in [3.63, 3.8) is 0 Å². The first-order valence-corrected chi connectivity index (χ1v) is 5.21. The quantitative estimate of drug-likeness (QED) is 0.714. The van der Waals surface area contributed by atoms with Crippen molar-refractivity contribution in [3.8, 4) is 10.6 Å². The number of aromatic nitrogens is 2. The lowest BCUT2D eigenvalue weighted by Gasteiger charge is -1.98. The molecule has 5 nitrogen and oxygen atoms in total. The highest BCUT2D eigenvalue weighted by Gasteiger charge is 2.14. The molecule has 15 heavy (non-hydrogen) atoms. The summed E-state index contributed by atoms with van der Waals surface area (Å²) in [5, 5.41) is 8.63. The van der Waals surface area contributed by atoms with Crippen LogP contribution in [-0.2, 0) is 11.2 Å². The van der Waals surface area contributed by atoms with E-state index in [1.807, 2.05) is 17.5 Å². The van der Waals surface area contributed by atoms with Crippen LogP contribution < -0.4 is 11.5 Å². The van der Waals surface area contributed by atoms with Gasteiger partial charge in [-0.15, -0.1) is 11.3 Å². The molecule has 0 radical (unpaired) electrons. The SMILES string of the molecule is NC(=O)Cc1c(N)n[nH]c1-c1cccs1. The van der Waals surface area contributed by atoms with Gasteiger partial charge in [0.2, 0.25) is 5.91 Å². The number of carbonyl (C=O) groups excluding carboxylic acids is 1. The number of nitrogens with zero attached hydrogens (tertiary/aromatic N) is 1. The first kappa shape index (κ1) is 9.72. The molecule has 0 spiro atoms. The van der Waals surface area contributed by atoms with E-state index in [9.17, 15) is 4.79 Å². The zero-order valence-corrected chi connectivity index (χ0v) is 8.67. The van der Waals surface area contributed by atoms with Crippen molar-refractivity contribution in [3.05, 3.63) is 23.1 Å². The summed E-state index contributed by atoms with van der Waals surface area (Å²) in [5.41, 5.74) is 12.2. The van der Waals surface area contributed by atoms with Gasteiger partial charge in [-0.2, -0.15) is 5.10 Å². The van der Waals surface area contributed by atoms with Gasteiger partial charge in [-0.3, -0.25) is 9.89 Å². The van der Waals surface area contributed by atoms with Gasteiger partial charge in [-0.25, -0.2) is 0 Å². The largest absolute Gasteiger partial charge is 0.382 e. The molecule has 0 atom stereocenters. The second kappa shape index (κ2) is 3.74. The third-order valence-electron chi connectivity index (χ3n) is 2.02. The predicted octanol–water partition coefficient (Wildman–Crippen LogP) is 0.748. The Morgan fingerprint density at radius 1 is 1.60 bits per heavy atom. The maximum absolute atomic E-state index is 10.9. The van der Waals surface area contributed by atoms with Crippen molar-refractivity contribution in [2.24, 2.45) is 5.73 Å². The van der Waals surface area contributed by atoms with Crippen molar-refractivity contribution < 1.29 is 4.79 Å². The second-order valence-corrected chi connectivity index (χ2v) is 4.03. The van der Waals surface area contributed by atoms with Crippen LogP contribution in [0.25, 0.3) is 10.6 Å². The summed E-state index contributed by atoms with van der Waals surface area (Å²) in [7, 11) is 0. The summed E-state index contributed by atoms with van der Waals surface area (Å²) in [6.45, 7) is 0. The number of H-pyrrole nitrogens is 1. The normalized spacial score (nSPS) is 10.4. The zero-order chi connectivity index (χ0) is 10.8. The van der Waals surface area contributed by atoms with Gasteiger partial charge in [0.25, 0.3) is 0 Å². The average molecular weight is 222 g/mol. The number of rotatable bonds is 3. The van der Waals surface area contributed by atoms with Crippen LogP contribution in [0.3, 0.4) is 0 Å². The molecule has 2 aromatic rings. The molecule has 0 aromatic carbocycles. The highest BCUT2D eigenvalue weighted by atomic mass is 32.1. The van der Waals surface area contributed by atoms with Crippen LogP contribution in [0.1, 0.15) is 5.56 Å². The van der Waals surface area contributed by atoms with Crippen molar-refractivity contribution in [1.29, 1.82) is 0 Å². The molecule has 2 aromatic heterocycles. The minimum atomic E-state index is -0.416. The standard InChI is InChI=1S/C9H10N4OS/c10-7(14)4-5-8(12-13-9(5)11)6-2-1-3-15-6/h1-3H,4H2,(H2,10,14)(H3,11,12,13). The van der Waals surface area contributed by atoms with Crippen LogP contribution in [0.5, 0.6) is 0 Å². The summed E-state index contributed by atoms with van der Waals surface area (Å²) >= 11 is 1.55. The van der Waals surface area contributed by atoms with Gasteiger partial charge in [0.1, 0.15) is 5.82 Å². The molecule has 0 aliphatic carbocycles. The third-order valence-corrected chi connectivity index (χ3v) is 2.91. The molecule has 0 bridgehead atoms. The molecular weight excluding hydrogens is 212 g/mol. The lowest BCUT2D eigenvalue weighted by Crippen LogP contribution is -2.14. The van der Waals surface area contributed by atoms with Crippen LogP contribution in [-0.4, -0.2) is 16.1 Å². The number of thiophene rings is 1. The topological polar surface area (TPSA) is 97.8 Å². The zero-order valence-electron chi connectivity index (χ0n) is 7.86. The summed E-state index contributed by atoms with van der Waals surface area (Å²) in [4.78, 5) is 11.9. The fraction of sp³-hybridized carbons (Fsp3) is 0.111. The van der Waals surface area contributed by atoms with E-state index in [2.05, 4.69) is 10.2 Å². The fourth-order valence-corrected chi connectivity index (χ4v) is 2.10. The monoisotopic (exact) mass is 222 g/mol. The molecule has 78 valence electrons. The highest BCUT2D eigenvalue weighted by molar-refractivity contribution is 7.13. The smallest absolute Gasteiger partial charge is 0.222 e. The van der Waals surface area contributed by atoms with Gasteiger partial charge < -0.3 is 11.5 Å². The Morgan fingerprint density at radius 3 is 3.00 bits per heavy atom. The van der Waals surface area contributed by atoms with Gasteiger partial charge in [-0.05, 0) is 11.4 Å². The second-order valence-electron chi connectivity index (χ2n) is 3.08. The van der Waals surface area contributed by atoms with E-state index in [0.29, 0.717) is 11.4 Å². The van der Waals surface area contributed by atoms with Gasteiger partial charge in [0.15, 0.2) is 0 Å².